The molecular formula is C15H13Cl2FO2. The zero-order chi connectivity index (χ0) is 14.5. The van der Waals surface area contributed by atoms with E-state index in [9.17, 15) is 4.39 Å². The number of alkyl halides is 1. The summed E-state index contributed by atoms with van der Waals surface area (Å²) in [5, 5.41) is 0.335. The van der Waals surface area contributed by atoms with Gasteiger partial charge in [-0.05, 0) is 29.8 Å². The number of rotatable bonds is 5. The van der Waals surface area contributed by atoms with E-state index >= 15 is 0 Å². The summed E-state index contributed by atoms with van der Waals surface area (Å²) in [4.78, 5) is 0. The fraction of sp³-hybridized carbons (Fsp3) is 0.200. The van der Waals surface area contributed by atoms with Crippen LogP contribution in [-0.4, -0.2) is 7.11 Å². The number of halogens is 3. The van der Waals surface area contributed by atoms with E-state index in [2.05, 4.69) is 0 Å². The van der Waals surface area contributed by atoms with E-state index in [4.69, 9.17) is 32.7 Å². The Morgan fingerprint density at radius 3 is 2.55 bits per heavy atom. The summed E-state index contributed by atoms with van der Waals surface area (Å²) in [7, 11) is 1.56. The molecule has 0 aliphatic carbocycles. The van der Waals surface area contributed by atoms with Crippen molar-refractivity contribution in [1.82, 2.24) is 0 Å². The van der Waals surface area contributed by atoms with Gasteiger partial charge in [0.15, 0.2) is 11.5 Å². The van der Waals surface area contributed by atoms with Gasteiger partial charge in [0.1, 0.15) is 12.4 Å². The van der Waals surface area contributed by atoms with Crippen LogP contribution in [0.2, 0.25) is 5.02 Å². The van der Waals surface area contributed by atoms with Crippen LogP contribution in [0.5, 0.6) is 11.5 Å². The maximum absolute atomic E-state index is 13.0. The van der Waals surface area contributed by atoms with Gasteiger partial charge >= 0.3 is 0 Å². The van der Waals surface area contributed by atoms with Crippen molar-refractivity contribution in [3.05, 3.63) is 58.4 Å². The van der Waals surface area contributed by atoms with Crippen molar-refractivity contribution >= 4 is 23.2 Å². The molecule has 2 nitrogen and oxygen atoms in total. The van der Waals surface area contributed by atoms with Crippen molar-refractivity contribution in [2.45, 2.75) is 12.5 Å². The van der Waals surface area contributed by atoms with E-state index < -0.39 is 0 Å². The highest BCUT2D eigenvalue weighted by molar-refractivity contribution is 6.31. The fourth-order valence-corrected chi connectivity index (χ4v) is 2.10. The van der Waals surface area contributed by atoms with E-state index in [0.717, 1.165) is 5.56 Å². The lowest BCUT2D eigenvalue weighted by atomic mass is 10.2. The Balaban J connectivity index is 2.14. The second-order valence-corrected chi connectivity index (χ2v) is 4.82. The molecular weight excluding hydrogens is 302 g/mol. The van der Waals surface area contributed by atoms with Gasteiger partial charge < -0.3 is 9.47 Å². The van der Waals surface area contributed by atoms with Crippen LogP contribution in [0.3, 0.4) is 0 Å². The molecule has 0 fully saturated rings. The van der Waals surface area contributed by atoms with Crippen LogP contribution in [0.25, 0.3) is 0 Å². The summed E-state index contributed by atoms with van der Waals surface area (Å²) in [6.45, 7) is 0.232. The highest BCUT2D eigenvalue weighted by atomic mass is 35.5. The fourth-order valence-electron chi connectivity index (χ4n) is 1.71. The maximum Gasteiger partial charge on any atom is 0.161 e. The molecule has 2 rings (SSSR count). The van der Waals surface area contributed by atoms with Gasteiger partial charge in [-0.3, -0.25) is 0 Å². The second kappa shape index (κ2) is 6.82. The Bertz CT molecular complexity index is 602. The van der Waals surface area contributed by atoms with Gasteiger partial charge in [-0.1, -0.05) is 23.7 Å². The molecule has 20 heavy (non-hydrogen) atoms. The molecule has 106 valence electrons. The first-order valence-electron chi connectivity index (χ1n) is 5.93. The van der Waals surface area contributed by atoms with Crippen LogP contribution >= 0.6 is 23.2 Å². The first-order valence-corrected chi connectivity index (χ1v) is 6.85. The minimum atomic E-state index is -0.372. The summed E-state index contributed by atoms with van der Waals surface area (Å²) in [5.41, 5.74) is 1.65. The van der Waals surface area contributed by atoms with Crippen LogP contribution in [-0.2, 0) is 12.5 Å². The normalized spacial score (nSPS) is 10.4. The lowest BCUT2D eigenvalue weighted by Gasteiger charge is -2.12. The average molecular weight is 315 g/mol. The Labute approximate surface area is 127 Å². The number of methoxy groups -OCH3 is 1. The quantitative estimate of drug-likeness (QED) is 0.738. The Kier molecular flexibility index (Phi) is 5.10. The summed E-state index contributed by atoms with van der Waals surface area (Å²) in [6, 6.07) is 9.66. The first-order chi connectivity index (χ1) is 9.63. The van der Waals surface area contributed by atoms with E-state index in [1.165, 1.54) is 12.1 Å². The van der Waals surface area contributed by atoms with Crippen LogP contribution in [0.4, 0.5) is 4.39 Å². The molecule has 0 radical (unpaired) electrons. The van der Waals surface area contributed by atoms with E-state index in [1.807, 2.05) is 12.1 Å². The third-order valence-corrected chi connectivity index (χ3v) is 3.44. The number of ether oxygens (including phenoxy) is 2. The molecule has 0 amide bonds. The number of hydrogen-bond donors (Lipinski definition) is 0. The predicted molar refractivity (Wildman–Crippen MR) is 78.3 cm³/mol. The topological polar surface area (TPSA) is 18.5 Å². The zero-order valence-corrected chi connectivity index (χ0v) is 12.3. The SMILES string of the molecule is COc1cc(CCl)ccc1OCc1ccc(F)cc1Cl. The van der Waals surface area contributed by atoms with Gasteiger partial charge in [0.2, 0.25) is 0 Å². The standard InChI is InChI=1S/C15H13Cl2FO2/c1-19-15-6-10(8-16)2-5-14(15)20-9-11-3-4-12(18)7-13(11)17/h2-7H,8-9H2,1H3. The van der Waals surface area contributed by atoms with E-state index in [1.54, 1.807) is 19.2 Å². The van der Waals surface area contributed by atoms with Gasteiger partial charge in [0.05, 0.1) is 12.1 Å². The van der Waals surface area contributed by atoms with Crippen molar-refractivity contribution in [2.75, 3.05) is 7.11 Å². The molecule has 0 N–H and O–H groups in total. The summed E-state index contributed by atoms with van der Waals surface area (Å²) < 4.78 is 23.9. The van der Waals surface area contributed by atoms with Crippen molar-refractivity contribution in [2.24, 2.45) is 0 Å². The van der Waals surface area contributed by atoms with Gasteiger partial charge in [-0.25, -0.2) is 4.39 Å². The largest absolute Gasteiger partial charge is 0.493 e. The minimum Gasteiger partial charge on any atom is -0.493 e. The molecule has 5 heteroatoms. The van der Waals surface area contributed by atoms with Crippen molar-refractivity contribution in [3.8, 4) is 11.5 Å². The molecule has 2 aromatic rings. The third kappa shape index (κ3) is 3.56. The monoisotopic (exact) mass is 314 g/mol. The summed E-state index contributed by atoms with van der Waals surface area (Å²) in [6.07, 6.45) is 0. The average Bonchev–Trinajstić information content (AvgIpc) is 2.46. The molecule has 0 aromatic heterocycles. The summed E-state index contributed by atoms with van der Waals surface area (Å²) in [5.74, 6) is 1.21. The molecule has 0 atom stereocenters. The maximum atomic E-state index is 13.0. The van der Waals surface area contributed by atoms with Crippen LogP contribution < -0.4 is 9.47 Å². The molecule has 0 saturated heterocycles. The van der Waals surface area contributed by atoms with Gasteiger partial charge in [-0.2, -0.15) is 0 Å². The molecule has 2 aromatic carbocycles. The number of benzene rings is 2. The molecule has 0 unspecified atom stereocenters. The molecule has 0 aliphatic rings. The van der Waals surface area contributed by atoms with Gasteiger partial charge in [0.25, 0.3) is 0 Å². The predicted octanol–water partition coefficient (Wildman–Crippen LogP) is 4.81. The minimum absolute atomic E-state index is 0.232. The molecule has 0 heterocycles. The van der Waals surface area contributed by atoms with Crippen LogP contribution in [0, 0.1) is 5.82 Å². The van der Waals surface area contributed by atoms with Crippen molar-refractivity contribution in [3.63, 3.8) is 0 Å². The van der Waals surface area contributed by atoms with Gasteiger partial charge in [-0.15, -0.1) is 11.6 Å². The Morgan fingerprint density at radius 2 is 1.90 bits per heavy atom. The van der Waals surface area contributed by atoms with Gasteiger partial charge in [0, 0.05) is 11.4 Å². The lowest BCUT2D eigenvalue weighted by Crippen LogP contribution is -1.99. The van der Waals surface area contributed by atoms with E-state index in [0.29, 0.717) is 28.0 Å². The summed E-state index contributed by atoms with van der Waals surface area (Å²) >= 11 is 11.7. The highest BCUT2D eigenvalue weighted by Gasteiger charge is 2.08. The highest BCUT2D eigenvalue weighted by Crippen LogP contribution is 2.30. The van der Waals surface area contributed by atoms with Crippen LogP contribution in [0.1, 0.15) is 11.1 Å². The second-order valence-electron chi connectivity index (χ2n) is 4.14. The van der Waals surface area contributed by atoms with Crippen molar-refractivity contribution in [1.29, 1.82) is 0 Å². The Hall–Kier alpha value is -1.45. The molecule has 0 bridgehead atoms. The molecule has 0 aliphatic heterocycles. The van der Waals surface area contributed by atoms with E-state index in [-0.39, 0.29) is 12.4 Å². The third-order valence-electron chi connectivity index (χ3n) is 2.78. The first kappa shape index (κ1) is 14.9. The van der Waals surface area contributed by atoms with Crippen LogP contribution in [0.15, 0.2) is 36.4 Å². The zero-order valence-electron chi connectivity index (χ0n) is 10.8. The lowest BCUT2D eigenvalue weighted by molar-refractivity contribution is 0.284. The molecule has 0 spiro atoms. The van der Waals surface area contributed by atoms with Crippen molar-refractivity contribution < 1.29 is 13.9 Å². The Morgan fingerprint density at radius 1 is 1.10 bits per heavy atom. The molecule has 0 saturated carbocycles. The smallest absolute Gasteiger partial charge is 0.161 e. The number of hydrogen-bond acceptors (Lipinski definition) is 2.